The van der Waals surface area contributed by atoms with Gasteiger partial charge < -0.3 is 10.2 Å². The van der Waals surface area contributed by atoms with Gasteiger partial charge in [-0.25, -0.2) is 13.4 Å². The summed E-state index contributed by atoms with van der Waals surface area (Å²) in [6.45, 7) is 2.00. The van der Waals surface area contributed by atoms with Crippen LogP contribution in [0.3, 0.4) is 0 Å². The highest BCUT2D eigenvalue weighted by Crippen LogP contribution is 2.19. The fourth-order valence-electron chi connectivity index (χ4n) is 2.80. The van der Waals surface area contributed by atoms with Crippen LogP contribution in [0.15, 0.2) is 47.5 Å². The minimum atomic E-state index is -3.52. The van der Waals surface area contributed by atoms with Crippen molar-refractivity contribution in [2.24, 2.45) is 0 Å². The van der Waals surface area contributed by atoms with E-state index in [1.165, 1.54) is 37.1 Å². The fourth-order valence-corrected chi connectivity index (χ4v) is 4.17. The molecule has 1 aliphatic heterocycles. The van der Waals surface area contributed by atoms with Crippen LogP contribution in [-0.2, 0) is 14.6 Å². The summed E-state index contributed by atoms with van der Waals surface area (Å²) in [5.41, 5.74) is 0.557. The number of amides is 1. The zero-order valence-corrected chi connectivity index (χ0v) is 15.8. The van der Waals surface area contributed by atoms with E-state index in [0.717, 1.165) is 18.9 Å². The van der Waals surface area contributed by atoms with E-state index in [2.05, 4.69) is 15.2 Å². The van der Waals surface area contributed by atoms with Crippen molar-refractivity contribution in [3.05, 3.63) is 47.6 Å². The molecule has 1 aliphatic rings. The molecule has 0 aliphatic carbocycles. The Morgan fingerprint density at radius 3 is 2.42 bits per heavy atom. The number of nitrogens with zero attached hydrogens (tertiary/aromatic N) is 2. The Labute approximate surface area is 158 Å². The summed E-state index contributed by atoms with van der Waals surface area (Å²) in [6.07, 6.45) is 3.81. The van der Waals surface area contributed by atoms with Gasteiger partial charge in [0.2, 0.25) is 5.91 Å². The maximum atomic E-state index is 12.3. The van der Waals surface area contributed by atoms with Gasteiger partial charge in [0.15, 0.2) is 9.84 Å². The smallest absolute Gasteiger partial charge is 0.225 e. The van der Waals surface area contributed by atoms with Crippen LogP contribution in [0.1, 0.15) is 19.3 Å². The monoisotopic (exact) mass is 393 g/mol. The first-order valence-electron chi connectivity index (χ1n) is 8.43. The van der Waals surface area contributed by atoms with Crippen molar-refractivity contribution in [1.82, 2.24) is 4.98 Å². The zero-order chi connectivity index (χ0) is 18.6. The Morgan fingerprint density at radius 1 is 1.12 bits per heavy atom. The molecule has 0 spiro atoms. The molecule has 6 nitrogen and oxygen atoms in total. The predicted octanol–water partition coefficient (Wildman–Crippen LogP) is 3.14. The molecule has 2 heterocycles. The molecule has 1 aromatic heterocycles. The van der Waals surface area contributed by atoms with Gasteiger partial charge in [-0.2, -0.15) is 0 Å². The maximum absolute atomic E-state index is 12.3. The van der Waals surface area contributed by atoms with Crippen LogP contribution in [0, 0.1) is 0 Å². The number of aromatic nitrogens is 1. The molecule has 0 saturated carbocycles. The van der Waals surface area contributed by atoms with E-state index < -0.39 is 9.84 Å². The molecule has 1 N–H and O–H groups in total. The van der Waals surface area contributed by atoms with Gasteiger partial charge in [0.05, 0.1) is 22.5 Å². The van der Waals surface area contributed by atoms with Crippen molar-refractivity contribution in [3.8, 4) is 0 Å². The van der Waals surface area contributed by atoms with Crippen LogP contribution >= 0.6 is 11.6 Å². The Balaban J connectivity index is 1.54. The second-order valence-corrected chi connectivity index (χ2v) is 8.72. The Morgan fingerprint density at radius 2 is 1.81 bits per heavy atom. The average molecular weight is 394 g/mol. The highest BCUT2D eigenvalue weighted by Gasteiger charge is 2.17. The average Bonchev–Trinajstić information content (AvgIpc) is 3.16. The molecule has 138 valence electrons. The summed E-state index contributed by atoms with van der Waals surface area (Å²) in [5, 5.41) is 3.15. The van der Waals surface area contributed by atoms with Crippen LogP contribution in [-0.4, -0.2) is 38.2 Å². The topological polar surface area (TPSA) is 79.4 Å². The number of benzene rings is 1. The van der Waals surface area contributed by atoms with Crippen LogP contribution in [0.25, 0.3) is 0 Å². The Kier molecular flexibility index (Phi) is 5.78. The number of carbonyl (C=O) groups excluding carboxylic acids is 1. The first kappa shape index (κ1) is 18.7. The number of halogens is 1. The number of pyridine rings is 1. The number of carbonyl (C=O) groups is 1. The van der Waals surface area contributed by atoms with Gasteiger partial charge in [0.1, 0.15) is 5.82 Å². The lowest BCUT2D eigenvalue weighted by molar-refractivity contribution is -0.115. The number of rotatable bonds is 6. The lowest BCUT2D eigenvalue weighted by Crippen LogP contribution is -2.19. The molecule has 8 heteroatoms. The molecule has 2 aromatic rings. The lowest BCUT2D eigenvalue weighted by Gasteiger charge is -2.16. The molecular weight excluding hydrogens is 374 g/mol. The van der Waals surface area contributed by atoms with Crippen LogP contribution in [0.5, 0.6) is 0 Å². The lowest BCUT2D eigenvalue weighted by atomic mass is 10.3. The number of sulfone groups is 1. The molecule has 1 saturated heterocycles. The largest absolute Gasteiger partial charge is 0.357 e. The second kappa shape index (κ2) is 8.05. The number of nitrogens with one attached hydrogen (secondary N) is 1. The van der Waals surface area contributed by atoms with E-state index in [9.17, 15) is 13.2 Å². The number of anilines is 2. The third-order valence-electron chi connectivity index (χ3n) is 4.23. The molecule has 0 bridgehead atoms. The van der Waals surface area contributed by atoms with Crippen molar-refractivity contribution in [3.63, 3.8) is 0 Å². The summed E-state index contributed by atoms with van der Waals surface area (Å²) in [4.78, 5) is 18.8. The van der Waals surface area contributed by atoms with Crippen molar-refractivity contribution in [2.75, 3.05) is 29.1 Å². The van der Waals surface area contributed by atoms with E-state index in [-0.39, 0.29) is 23.0 Å². The minimum Gasteiger partial charge on any atom is -0.357 e. The summed E-state index contributed by atoms with van der Waals surface area (Å²) in [6, 6.07) is 9.56. The molecule has 1 amide bonds. The van der Waals surface area contributed by atoms with E-state index in [1.807, 2.05) is 6.07 Å². The highest BCUT2D eigenvalue weighted by atomic mass is 35.5. The summed E-state index contributed by atoms with van der Waals surface area (Å²) >= 11 is 5.76. The van der Waals surface area contributed by atoms with Crippen molar-refractivity contribution >= 4 is 38.9 Å². The third-order valence-corrected chi connectivity index (χ3v) is 6.22. The zero-order valence-electron chi connectivity index (χ0n) is 14.2. The molecule has 1 fully saturated rings. The first-order chi connectivity index (χ1) is 12.4. The van der Waals surface area contributed by atoms with Crippen LogP contribution in [0.4, 0.5) is 11.5 Å². The van der Waals surface area contributed by atoms with Gasteiger partial charge in [-0.05, 0) is 49.2 Å². The quantitative estimate of drug-likeness (QED) is 0.815. The van der Waals surface area contributed by atoms with Crippen LogP contribution < -0.4 is 10.2 Å². The first-order valence-corrected chi connectivity index (χ1v) is 10.5. The molecular formula is C18H20ClN3O3S. The summed E-state index contributed by atoms with van der Waals surface area (Å²) in [5.74, 6) is 0.267. The second-order valence-electron chi connectivity index (χ2n) is 6.17. The standard InChI is InChI=1S/C18H20ClN3O3S/c19-14-3-6-16(7-4-14)26(24,25)12-9-18(23)21-15-5-8-17(20-13-15)22-10-1-2-11-22/h3-8,13H,1-2,9-12H2,(H,21,23). The molecule has 3 rings (SSSR count). The number of hydrogen-bond donors (Lipinski definition) is 1. The van der Waals surface area contributed by atoms with E-state index >= 15 is 0 Å². The van der Waals surface area contributed by atoms with Crippen molar-refractivity contribution < 1.29 is 13.2 Å². The number of hydrogen-bond acceptors (Lipinski definition) is 5. The molecule has 0 atom stereocenters. The van der Waals surface area contributed by atoms with Gasteiger partial charge in [-0.1, -0.05) is 11.6 Å². The summed E-state index contributed by atoms with van der Waals surface area (Å²) < 4.78 is 24.5. The molecule has 0 radical (unpaired) electrons. The van der Waals surface area contributed by atoms with Gasteiger partial charge in [-0.3, -0.25) is 4.79 Å². The molecule has 26 heavy (non-hydrogen) atoms. The van der Waals surface area contributed by atoms with Gasteiger partial charge >= 0.3 is 0 Å². The normalized spacial score (nSPS) is 14.4. The Hall–Kier alpha value is -2.12. The van der Waals surface area contributed by atoms with Crippen molar-refractivity contribution in [2.45, 2.75) is 24.2 Å². The highest BCUT2D eigenvalue weighted by molar-refractivity contribution is 7.91. The predicted molar refractivity (Wildman–Crippen MR) is 102 cm³/mol. The van der Waals surface area contributed by atoms with Crippen LogP contribution in [0.2, 0.25) is 5.02 Å². The van der Waals surface area contributed by atoms with Gasteiger partial charge in [-0.15, -0.1) is 0 Å². The van der Waals surface area contributed by atoms with Gasteiger partial charge in [0, 0.05) is 24.5 Å². The van der Waals surface area contributed by atoms with Crippen molar-refractivity contribution in [1.29, 1.82) is 0 Å². The summed E-state index contributed by atoms with van der Waals surface area (Å²) in [7, 11) is -3.52. The molecule has 1 aromatic carbocycles. The minimum absolute atomic E-state index is 0.126. The third kappa shape index (κ3) is 4.74. The molecule has 0 unspecified atom stereocenters. The fraction of sp³-hybridized carbons (Fsp3) is 0.333. The Bertz CT molecular complexity index is 862. The maximum Gasteiger partial charge on any atom is 0.225 e. The SMILES string of the molecule is O=C(CCS(=O)(=O)c1ccc(Cl)cc1)Nc1ccc(N2CCCC2)nc1. The van der Waals surface area contributed by atoms with E-state index in [4.69, 9.17) is 11.6 Å². The van der Waals surface area contributed by atoms with E-state index in [0.29, 0.717) is 10.7 Å². The van der Waals surface area contributed by atoms with E-state index in [1.54, 1.807) is 12.3 Å². The van der Waals surface area contributed by atoms with Gasteiger partial charge in [0.25, 0.3) is 0 Å².